The molecule has 13 heavy (non-hydrogen) atoms. The maximum absolute atomic E-state index is 10.0. The molecule has 1 aliphatic rings. The molecule has 0 fully saturated rings. The third-order valence-electron chi connectivity index (χ3n) is 2.89. The summed E-state index contributed by atoms with van der Waals surface area (Å²) in [5, 5.41) is 2.53. The van der Waals surface area contributed by atoms with E-state index in [2.05, 4.69) is 18.3 Å². The van der Waals surface area contributed by atoms with Gasteiger partial charge in [0.25, 0.3) is 0 Å². The summed E-state index contributed by atoms with van der Waals surface area (Å²) in [5.41, 5.74) is 1.02. The third kappa shape index (κ3) is 2.54. The zero-order valence-electron chi connectivity index (χ0n) is 8.54. The summed E-state index contributed by atoms with van der Waals surface area (Å²) in [5.74, 6) is 0.411. The van der Waals surface area contributed by atoms with Crippen LogP contribution in [0, 0.1) is 10.8 Å². The van der Waals surface area contributed by atoms with Crippen molar-refractivity contribution < 1.29 is 4.84 Å². The van der Waals surface area contributed by atoms with E-state index in [1.165, 1.54) is 5.57 Å². The zero-order chi connectivity index (χ0) is 9.90. The third-order valence-corrected chi connectivity index (χ3v) is 2.89. The molecule has 1 rings (SSSR count). The van der Waals surface area contributed by atoms with Gasteiger partial charge in [-0.3, -0.25) is 0 Å². The van der Waals surface area contributed by atoms with Crippen LogP contribution in [0.15, 0.2) is 17.0 Å². The fourth-order valence-corrected chi connectivity index (χ4v) is 1.77. The number of allylic oxidation sites excluding steroid dienone is 2. The molecule has 0 aromatic carbocycles. The summed E-state index contributed by atoms with van der Waals surface area (Å²) in [7, 11) is 0. The zero-order valence-corrected chi connectivity index (χ0v) is 8.54. The van der Waals surface area contributed by atoms with Crippen LogP contribution in [0.5, 0.6) is 0 Å². The van der Waals surface area contributed by atoms with Gasteiger partial charge in [0.2, 0.25) is 0 Å². The number of rotatable bonds is 3. The SMILES string of the molecule is CC1=CC[C@H](C(C)(C)ON=O)CC1. The molecule has 0 aromatic heterocycles. The molecule has 3 heteroatoms. The minimum absolute atomic E-state index is 0.411. The van der Waals surface area contributed by atoms with Crippen molar-refractivity contribution in [2.75, 3.05) is 0 Å². The monoisotopic (exact) mass is 183 g/mol. The molecule has 0 amide bonds. The quantitative estimate of drug-likeness (QED) is 0.383. The molecule has 1 atom stereocenters. The van der Waals surface area contributed by atoms with Crippen molar-refractivity contribution in [1.82, 2.24) is 0 Å². The fraction of sp³-hybridized carbons (Fsp3) is 0.800. The standard InChI is InChI=1S/C10H17NO2/c1-8-4-6-9(7-5-8)10(2,3)13-11-12/h4,9H,5-7H2,1-3H3/t9-/m0/s1. The Morgan fingerprint density at radius 2 is 2.31 bits per heavy atom. The Kier molecular flexibility index (Phi) is 3.07. The molecule has 0 unspecified atom stereocenters. The van der Waals surface area contributed by atoms with E-state index in [-0.39, 0.29) is 0 Å². The molecule has 0 saturated heterocycles. The first kappa shape index (κ1) is 10.2. The van der Waals surface area contributed by atoms with E-state index in [9.17, 15) is 4.91 Å². The highest BCUT2D eigenvalue weighted by atomic mass is 16.7. The summed E-state index contributed by atoms with van der Waals surface area (Å²) in [6.07, 6.45) is 5.42. The average molecular weight is 183 g/mol. The van der Waals surface area contributed by atoms with Gasteiger partial charge in [-0.1, -0.05) is 11.6 Å². The first-order valence-corrected chi connectivity index (χ1v) is 4.72. The van der Waals surface area contributed by atoms with Gasteiger partial charge in [-0.15, -0.1) is 4.91 Å². The van der Waals surface area contributed by atoms with Crippen molar-refractivity contribution >= 4 is 0 Å². The van der Waals surface area contributed by atoms with Crippen molar-refractivity contribution in [3.05, 3.63) is 16.6 Å². The van der Waals surface area contributed by atoms with E-state index in [1.54, 1.807) is 0 Å². The molecule has 0 heterocycles. The van der Waals surface area contributed by atoms with Crippen molar-refractivity contribution in [1.29, 1.82) is 0 Å². The highest BCUT2D eigenvalue weighted by Crippen LogP contribution is 2.33. The van der Waals surface area contributed by atoms with E-state index in [1.807, 2.05) is 13.8 Å². The van der Waals surface area contributed by atoms with Crippen LogP contribution in [0.4, 0.5) is 0 Å². The molecule has 0 bridgehead atoms. The lowest BCUT2D eigenvalue weighted by atomic mass is 9.80. The number of nitrogens with zero attached hydrogens (tertiary/aromatic N) is 1. The minimum atomic E-state index is -0.418. The van der Waals surface area contributed by atoms with Crippen molar-refractivity contribution in [2.24, 2.45) is 11.3 Å². The van der Waals surface area contributed by atoms with Gasteiger partial charge >= 0.3 is 0 Å². The van der Waals surface area contributed by atoms with E-state index >= 15 is 0 Å². The van der Waals surface area contributed by atoms with Crippen LogP contribution in [-0.4, -0.2) is 5.60 Å². The molecule has 1 aliphatic carbocycles. The lowest BCUT2D eigenvalue weighted by molar-refractivity contribution is -0.0636. The number of hydrogen-bond acceptors (Lipinski definition) is 3. The van der Waals surface area contributed by atoms with E-state index < -0.39 is 5.60 Å². The fourth-order valence-electron chi connectivity index (χ4n) is 1.77. The van der Waals surface area contributed by atoms with Crippen LogP contribution >= 0.6 is 0 Å². The van der Waals surface area contributed by atoms with Crippen molar-refractivity contribution in [3.8, 4) is 0 Å². The Hall–Kier alpha value is -0.860. The Morgan fingerprint density at radius 3 is 2.77 bits per heavy atom. The highest BCUT2D eigenvalue weighted by Gasteiger charge is 2.32. The van der Waals surface area contributed by atoms with Crippen molar-refractivity contribution in [3.63, 3.8) is 0 Å². The van der Waals surface area contributed by atoms with Crippen LogP contribution in [-0.2, 0) is 4.84 Å². The molecule has 3 nitrogen and oxygen atoms in total. The Bertz CT molecular complexity index is 221. The molecular weight excluding hydrogens is 166 g/mol. The summed E-state index contributed by atoms with van der Waals surface area (Å²) in [6, 6.07) is 0. The van der Waals surface area contributed by atoms with Gasteiger partial charge in [0.1, 0.15) is 5.60 Å². The Balaban J connectivity index is 2.58. The van der Waals surface area contributed by atoms with Crippen LogP contribution in [0.3, 0.4) is 0 Å². The number of hydrogen-bond donors (Lipinski definition) is 0. The van der Waals surface area contributed by atoms with Gasteiger partial charge in [0.05, 0.1) is 0 Å². The molecule has 0 aliphatic heterocycles. The molecule has 74 valence electrons. The predicted molar refractivity (Wildman–Crippen MR) is 52.1 cm³/mol. The average Bonchev–Trinajstić information content (AvgIpc) is 2.05. The predicted octanol–water partition coefficient (Wildman–Crippen LogP) is 3.21. The first-order valence-electron chi connectivity index (χ1n) is 4.72. The Morgan fingerprint density at radius 1 is 1.62 bits per heavy atom. The van der Waals surface area contributed by atoms with Crippen molar-refractivity contribution in [2.45, 2.75) is 45.6 Å². The minimum Gasteiger partial charge on any atom is -0.358 e. The topological polar surface area (TPSA) is 38.7 Å². The second-order valence-electron chi connectivity index (χ2n) is 4.29. The van der Waals surface area contributed by atoms with Gasteiger partial charge in [-0.25, -0.2) is 0 Å². The second-order valence-corrected chi connectivity index (χ2v) is 4.29. The Labute approximate surface area is 79.1 Å². The summed E-state index contributed by atoms with van der Waals surface area (Å²) >= 11 is 0. The van der Waals surface area contributed by atoms with Gasteiger partial charge in [-0.2, -0.15) is 0 Å². The largest absolute Gasteiger partial charge is 0.358 e. The normalized spacial score (nSPS) is 23.6. The van der Waals surface area contributed by atoms with Gasteiger partial charge < -0.3 is 4.84 Å². The lowest BCUT2D eigenvalue weighted by Crippen LogP contribution is -2.33. The maximum Gasteiger partial charge on any atom is 0.155 e. The second kappa shape index (κ2) is 3.90. The van der Waals surface area contributed by atoms with Crippen LogP contribution in [0.1, 0.15) is 40.0 Å². The molecule has 0 aromatic rings. The smallest absolute Gasteiger partial charge is 0.155 e. The van der Waals surface area contributed by atoms with Crippen LogP contribution in [0.2, 0.25) is 0 Å². The van der Waals surface area contributed by atoms with E-state index in [0.717, 1.165) is 19.3 Å². The summed E-state index contributed by atoms with van der Waals surface area (Å²) in [4.78, 5) is 14.9. The molecule has 0 spiro atoms. The molecule has 0 saturated carbocycles. The van der Waals surface area contributed by atoms with Gasteiger partial charge in [-0.05, 0) is 40.0 Å². The van der Waals surface area contributed by atoms with E-state index in [4.69, 9.17) is 4.84 Å². The summed E-state index contributed by atoms with van der Waals surface area (Å²) in [6.45, 7) is 5.99. The van der Waals surface area contributed by atoms with Gasteiger partial charge in [0.15, 0.2) is 5.34 Å². The summed E-state index contributed by atoms with van der Waals surface area (Å²) < 4.78 is 0. The lowest BCUT2D eigenvalue weighted by Gasteiger charge is -2.32. The first-order chi connectivity index (χ1) is 6.06. The molecule has 0 radical (unpaired) electrons. The highest BCUT2D eigenvalue weighted by molar-refractivity contribution is 5.05. The maximum atomic E-state index is 10.0. The van der Waals surface area contributed by atoms with E-state index in [0.29, 0.717) is 5.92 Å². The van der Waals surface area contributed by atoms with Crippen LogP contribution in [0.25, 0.3) is 0 Å². The van der Waals surface area contributed by atoms with Crippen LogP contribution < -0.4 is 0 Å². The van der Waals surface area contributed by atoms with Gasteiger partial charge in [0, 0.05) is 5.92 Å². The molecule has 0 N–H and O–H groups in total. The molecular formula is C10H17NO2.